The molecule has 0 aromatic carbocycles. The predicted octanol–water partition coefficient (Wildman–Crippen LogP) is 0.899. The molecule has 0 aliphatic carbocycles. The standard InChI is InChI=1S/C11H16N4O3S/c1-3-15-7-10(11(12)13-15)19(16,17)14(2)6-9-4-5-18-8-9/h4-5,7-8H,3,6H2,1-2H3,(H2,12,13). The second-order valence-corrected chi connectivity index (χ2v) is 6.14. The van der Waals surface area contributed by atoms with Gasteiger partial charge in [0.1, 0.15) is 4.90 Å². The van der Waals surface area contributed by atoms with Crippen LogP contribution in [0.4, 0.5) is 5.82 Å². The van der Waals surface area contributed by atoms with Crippen LogP contribution in [0.5, 0.6) is 0 Å². The van der Waals surface area contributed by atoms with Gasteiger partial charge in [-0.05, 0) is 13.0 Å². The third kappa shape index (κ3) is 2.64. The number of aryl methyl sites for hydroxylation is 1. The summed E-state index contributed by atoms with van der Waals surface area (Å²) in [7, 11) is -2.16. The lowest BCUT2D eigenvalue weighted by molar-refractivity contribution is 0.463. The van der Waals surface area contributed by atoms with Crippen molar-refractivity contribution in [3.05, 3.63) is 30.4 Å². The van der Waals surface area contributed by atoms with Crippen LogP contribution < -0.4 is 5.73 Å². The topological polar surface area (TPSA) is 94.4 Å². The van der Waals surface area contributed by atoms with Gasteiger partial charge in [-0.1, -0.05) is 0 Å². The van der Waals surface area contributed by atoms with E-state index in [1.54, 1.807) is 6.07 Å². The normalized spacial score (nSPS) is 12.2. The summed E-state index contributed by atoms with van der Waals surface area (Å²) in [6.07, 6.45) is 4.45. The molecule has 2 heterocycles. The highest BCUT2D eigenvalue weighted by Gasteiger charge is 2.26. The van der Waals surface area contributed by atoms with E-state index in [-0.39, 0.29) is 17.3 Å². The van der Waals surface area contributed by atoms with E-state index in [2.05, 4.69) is 5.10 Å². The fourth-order valence-corrected chi connectivity index (χ4v) is 2.89. The molecule has 0 amide bonds. The van der Waals surface area contributed by atoms with Crippen molar-refractivity contribution in [2.75, 3.05) is 12.8 Å². The van der Waals surface area contributed by atoms with Crippen molar-refractivity contribution < 1.29 is 12.8 Å². The van der Waals surface area contributed by atoms with Crippen molar-refractivity contribution in [1.29, 1.82) is 0 Å². The van der Waals surface area contributed by atoms with Crippen LogP contribution in [0.3, 0.4) is 0 Å². The summed E-state index contributed by atoms with van der Waals surface area (Å²) in [5.74, 6) is 0.0147. The maximum absolute atomic E-state index is 12.4. The molecule has 0 saturated carbocycles. The second kappa shape index (κ2) is 5.06. The number of hydrogen-bond acceptors (Lipinski definition) is 5. The monoisotopic (exact) mass is 284 g/mol. The smallest absolute Gasteiger partial charge is 0.248 e. The number of hydrogen-bond donors (Lipinski definition) is 1. The maximum Gasteiger partial charge on any atom is 0.248 e. The minimum absolute atomic E-state index is 0.0147. The summed E-state index contributed by atoms with van der Waals surface area (Å²) >= 11 is 0. The van der Waals surface area contributed by atoms with Gasteiger partial charge >= 0.3 is 0 Å². The summed E-state index contributed by atoms with van der Waals surface area (Å²) in [4.78, 5) is 0.0281. The van der Waals surface area contributed by atoms with E-state index in [0.717, 1.165) is 5.56 Å². The fraction of sp³-hybridized carbons (Fsp3) is 0.364. The Morgan fingerprint density at radius 1 is 1.53 bits per heavy atom. The van der Waals surface area contributed by atoms with Gasteiger partial charge in [-0.25, -0.2) is 8.42 Å². The average molecular weight is 284 g/mol. The number of nitrogen functional groups attached to an aromatic ring is 1. The summed E-state index contributed by atoms with van der Waals surface area (Å²) in [5, 5.41) is 3.94. The lowest BCUT2D eigenvalue weighted by Crippen LogP contribution is -2.26. The Morgan fingerprint density at radius 2 is 2.26 bits per heavy atom. The minimum Gasteiger partial charge on any atom is -0.472 e. The van der Waals surface area contributed by atoms with Gasteiger partial charge in [-0.3, -0.25) is 4.68 Å². The van der Waals surface area contributed by atoms with Crippen LogP contribution in [-0.2, 0) is 23.1 Å². The Bertz CT molecular complexity index is 646. The first-order valence-electron chi connectivity index (χ1n) is 5.75. The van der Waals surface area contributed by atoms with Gasteiger partial charge in [0.05, 0.1) is 12.5 Å². The van der Waals surface area contributed by atoms with Crippen LogP contribution in [0.2, 0.25) is 0 Å². The van der Waals surface area contributed by atoms with Crippen molar-refractivity contribution in [1.82, 2.24) is 14.1 Å². The predicted molar refractivity (Wildman–Crippen MR) is 69.7 cm³/mol. The maximum atomic E-state index is 12.4. The van der Waals surface area contributed by atoms with E-state index in [1.807, 2.05) is 6.92 Å². The number of nitrogens with zero attached hydrogens (tertiary/aromatic N) is 3. The van der Waals surface area contributed by atoms with E-state index in [0.29, 0.717) is 6.54 Å². The van der Waals surface area contributed by atoms with Crippen molar-refractivity contribution in [2.24, 2.45) is 0 Å². The molecule has 0 spiro atoms. The number of furan rings is 1. The van der Waals surface area contributed by atoms with Crippen molar-refractivity contribution in [3.8, 4) is 0 Å². The largest absolute Gasteiger partial charge is 0.472 e. The fourth-order valence-electron chi connectivity index (χ4n) is 1.67. The second-order valence-electron chi connectivity index (χ2n) is 4.13. The molecule has 0 radical (unpaired) electrons. The number of anilines is 1. The van der Waals surface area contributed by atoms with Gasteiger partial charge < -0.3 is 10.2 Å². The van der Waals surface area contributed by atoms with Gasteiger partial charge in [0.2, 0.25) is 10.0 Å². The van der Waals surface area contributed by atoms with Gasteiger partial charge in [0.25, 0.3) is 0 Å². The zero-order chi connectivity index (χ0) is 14.0. The molecular weight excluding hydrogens is 268 g/mol. The molecule has 0 bridgehead atoms. The number of sulfonamides is 1. The Kier molecular flexibility index (Phi) is 3.63. The van der Waals surface area contributed by atoms with E-state index >= 15 is 0 Å². The minimum atomic E-state index is -3.65. The Labute approximate surface area is 111 Å². The van der Waals surface area contributed by atoms with Gasteiger partial charge in [0.15, 0.2) is 5.82 Å². The van der Waals surface area contributed by atoms with Crippen LogP contribution in [-0.4, -0.2) is 29.6 Å². The number of rotatable bonds is 5. The molecular formula is C11H16N4O3S. The van der Waals surface area contributed by atoms with Gasteiger partial charge in [0, 0.05) is 31.9 Å². The molecule has 0 atom stereocenters. The van der Waals surface area contributed by atoms with E-state index in [9.17, 15) is 8.42 Å². The van der Waals surface area contributed by atoms with Crippen LogP contribution in [0, 0.1) is 0 Å². The molecule has 7 nitrogen and oxygen atoms in total. The molecule has 2 N–H and O–H groups in total. The quantitative estimate of drug-likeness (QED) is 0.880. The zero-order valence-electron chi connectivity index (χ0n) is 10.8. The zero-order valence-corrected chi connectivity index (χ0v) is 11.6. The molecule has 104 valence electrons. The molecule has 8 heteroatoms. The Hall–Kier alpha value is -1.80. The highest BCUT2D eigenvalue weighted by atomic mass is 32.2. The van der Waals surface area contributed by atoms with Gasteiger partial charge in [-0.15, -0.1) is 0 Å². The first kappa shape index (κ1) is 13.6. The van der Waals surface area contributed by atoms with Crippen LogP contribution in [0.25, 0.3) is 0 Å². The molecule has 19 heavy (non-hydrogen) atoms. The molecule has 0 aliphatic rings. The highest BCUT2D eigenvalue weighted by Crippen LogP contribution is 2.21. The summed E-state index contributed by atoms with van der Waals surface area (Å²) in [5.41, 5.74) is 6.43. The Morgan fingerprint density at radius 3 is 2.79 bits per heavy atom. The SMILES string of the molecule is CCn1cc(S(=O)(=O)N(C)Cc2ccoc2)c(N)n1. The lowest BCUT2D eigenvalue weighted by Gasteiger charge is -2.15. The number of nitrogens with two attached hydrogens (primary N) is 1. The van der Waals surface area contributed by atoms with E-state index < -0.39 is 10.0 Å². The van der Waals surface area contributed by atoms with Crippen LogP contribution in [0.15, 0.2) is 34.1 Å². The molecule has 2 aromatic rings. The number of aromatic nitrogens is 2. The Balaban J connectivity index is 2.28. The van der Waals surface area contributed by atoms with Crippen LogP contribution in [0.1, 0.15) is 12.5 Å². The molecule has 0 saturated heterocycles. The van der Waals surface area contributed by atoms with Gasteiger partial charge in [-0.2, -0.15) is 9.40 Å². The molecule has 0 fully saturated rings. The van der Waals surface area contributed by atoms with E-state index in [1.165, 1.54) is 34.8 Å². The van der Waals surface area contributed by atoms with Crippen molar-refractivity contribution >= 4 is 15.8 Å². The first-order valence-corrected chi connectivity index (χ1v) is 7.19. The summed E-state index contributed by atoms with van der Waals surface area (Å²) in [6, 6.07) is 1.71. The first-order chi connectivity index (χ1) is 8.95. The van der Waals surface area contributed by atoms with Crippen LogP contribution >= 0.6 is 0 Å². The summed E-state index contributed by atoms with van der Waals surface area (Å²) in [6.45, 7) is 2.64. The highest BCUT2D eigenvalue weighted by molar-refractivity contribution is 7.89. The van der Waals surface area contributed by atoms with E-state index in [4.69, 9.17) is 10.2 Å². The molecule has 2 rings (SSSR count). The average Bonchev–Trinajstić information content (AvgIpc) is 2.98. The third-order valence-electron chi connectivity index (χ3n) is 2.75. The molecule has 0 unspecified atom stereocenters. The summed E-state index contributed by atoms with van der Waals surface area (Å²) < 4.78 is 32.4. The van der Waals surface area contributed by atoms with Crippen molar-refractivity contribution in [2.45, 2.75) is 24.9 Å². The molecule has 2 aromatic heterocycles. The lowest BCUT2D eigenvalue weighted by atomic mass is 10.3. The van der Waals surface area contributed by atoms with Crippen molar-refractivity contribution in [3.63, 3.8) is 0 Å². The molecule has 0 aliphatic heterocycles. The third-order valence-corrected chi connectivity index (χ3v) is 4.57.